The molecule has 3 aromatic heterocycles. The van der Waals surface area contributed by atoms with Crippen LogP contribution < -0.4 is 15.1 Å². The van der Waals surface area contributed by atoms with E-state index in [9.17, 15) is 9.18 Å². The summed E-state index contributed by atoms with van der Waals surface area (Å²) in [5, 5.41) is 2.46. The number of nitrogens with zero attached hydrogens (tertiary/aromatic N) is 5. The van der Waals surface area contributed by atoms with Gasteiger partial charge in [0.1, 0.15) is 5.82 Å². The van der Waals surface area contributed by atoms with Gasteiger partial charge < -0.3 is 15.1 Å². The van der Waals surface area contributed by atoms with E-state index in [4.69, 9.17) is 4.98 Å². The van der Waals surface area contributed by atoms with Gasteiger partial charge in [0.05, 0.1) is 29.0 Å². The molecule has 1 amide bonds. The van der Waals surface area contributed by atoms with Crippen molar-refractivity contribution in [3.05, 3.63) is 60.4 Å². The Kier molecular flexibility index (Phi) is 5.56. The number of nitrogens with one attached hydrogen (secondary N) is 1. The van der Waals surface area contributed by atoms with Crippen LogP contribution >= 0.6 is 0 Å². The van der Waals surface area contributed by atoms with E-state index >= 15 is 0 Å². The lowest BCUT2D eigenvalue weighted by Gasteiger charge is -2.34. The molecule has 2 aliphatic heterocycles. The second-order valence-electron chi connectivity index (χ2n) is 7.33. The average Bonchev–Trinajstić information content (AvgIpc) is 3.22. The van der Waals surface area contributed by atoms with Crippen molar-refractivity contribution >= 4 is 23.6 Å². The fraction of sp³-hybridized carbons (Fsp3) is 0.273. The zero-order valence-corrected chi connectivity index (χ0v) is 16.9. The zero-order chi connectivity index (χ0) is 21.1. The minimum atomic E-state index is -0.288. The highest BCUT2D eigenvalue weighted by Crippen LogP contribution is 2.38. The second-order valence-corrected chi connectivity index (χ2v) is 7.33. The molecule has 8 heteroatoms. The monoisotopic (exact) mass is 406 g/mol. The molecule has 1 saturated heterocycles. The van der Waals surface area contributed by atoms with Gasteiger partial charge in [-0.2, -0.15) is 0 Å². The molecule has 0 aromatic carbocycles. The summed E-state index contributed by atoms with van der Waals surface area (Å²) in [5.74, 6) is 0.700. The first-order chi connectivity index (χ1) is 14.6. The number of pyridine rings is 3. The first-order valence-corrected chi connectivity index (χ1v) is 9.78. The highest BCUT2D eigenvalue weighted by Gasteiger charge is 2.34. The van der Waals surface area contributed by atoms with Crippen LogP contribution in [0.3, 0.4) is 0 Å². The molecule has 0 spiro atoms. The van der Waals surface area contributed by atoms with E-state index in [0.717, 1.165) is 30.2 Å². The standard InChI is InChI=1S/C16H17FN4.C6H6N2O/c1-10-13(17)7-11(8-18-10)14-3-4-15-16(19-14)20(2)12-5-6-21(15)9-12;9-5-8-6-2-1-3-7-4-6/h3-4,7-8,12H,5-6,9H2,1-2H3;1-5H,(H,8,9). The van der Waals surface area contributed by atoms with Gasteiger partial charge in [-0.3, -0.25) is 14.8 Å². The Morgan fingerprint density at radius 1 is 1.27 bits per heavy atom. The van der Waals surface area contributed by atoms with Gasteiger partial charge in [0.2, 0.25) is 6.41 Å². The van der Waals surface area contributed by atoms with Crippen molar-refractivity contribution in [1.82, 2.24) is 15.0 Å². The number of carbonyl (C=O) groups excluding carboxylic acids is 1. The number of hydrogen-bond donors (Lipinski definition) is 1. The van der Waals surface area contributed by atoms with Gasteiger partial charge in [-0.15, -0.1) is 0 Å². The summed E-state index contributed by atoms with van der Waals surface area (Å²) >= 11 is 0. The van der Waals surface area contributed by atoms with Crippen LogP contribution in [0, 0.1) is 12.7 Å². The van der Waals surface area contributed by atoms with E-state index < -0.39 is 0 Å². The molecule has 0 radical (unpaired) electrons. The fourth-order valence-electron chi connectivity index (χ4n) is 3.72. The maximum absolute atomic E-state index is 13.7. The Hall–Kier alpha value is -3.55. The highest BCUT2D eigenvalue weighted by atomic mass is 19.1. The third kappa shape index (κ3) is 3.94. The lowest BCUT2D eigenvalue weighted by molar-refractivity contribution is -0.105. The van der Waals surface area contributed by atoms with Gasteiger partial charge >= 0.3 is 0 Å². The smallest absolute Gasteiger partial charge is 0.211 e. The summed E-state index contributed by atoms with van der Waals surface area (Å²) in [4.78, 5) is 27.1. The van der Waals surface area contributed by atoms with Crippen molar-refractivity contribution in [2.75, 3.05) is 35.3 Å². The summed E-state index contributed by atoms with van der Waals surface area (Å²) in [6, 6.07) is 9.61. The van der Waals surface area contributed by atoms with Crippen molar-refractivity contribution in [3.8, 4) is 11.3 Å². The lowest BCUT2D eigenvalue weighted by Crippen LogP contribution is -2.40. The molecule has 2 bridgehead atoms. The molecule has 2 aliphatic rings. The number of likely N-dealkylation sites (N-methyl/N-ethyl adjacent to an activating group) is 1. The topological polar surface area (TPSA) is 74.2 Å². The number of hydrogen-bond acceptors (Lipinski definition) is 6. The third-order valence-corrected chi connectivity index (χ3v) is 5.45. The Labute approximate surface area is 174 Å². The number of halogens is 1. The van der Waals surface area contributed by atoms with E-state index in [0.29, 0.717) is 23.8 Å². The predicted octanol–water partition coefficient (Wildman–Crippen LogP) is 3.27. The molecule has 0 aliphatic carbocycles. The van der Waals surface area contributed by atoms with Gasteiger partial charge in [0, 0.05) is 44.1 Å². The van der Waals surface area contributed by atoms with Crippen LogP contribution in [0.2, 0.25) is 0 Å². The Bertz CT molecular complexity index is 1050. The highest BCUT2D eigenvalue weighted by molar-refractivity contribution is 5.75. The van der Waals surface area contributed by atoms with Crippen LogP contribution in [0.5, 0.6) is 0 Å². The molecule has 1 fully saturated rings. The van der Waals surface area contributed by atoms with Crippen LogP contribution in [0.4, 0.5) is 21.6 Å². The van der Waals surface area contributed by atoms with Crippen molar-refractivity contribution in [1.29, 1.82) is 0 Å². The molecule has 1 unspecified atom stereocenters. The number of anilines is 3. The number of aromatic nitrogens is 3. The molecule has 5 heterocycles. The van der Waals surface area contributed by atoms with Crippen LogP contribution in [-0.2, 0) is 4.79 Å². The Morgan fingerprint density at radius 3 is 2.87 bits per heavy atom. The molecule has 0 saturated carbocycles. The molecule has 3 aromatic rings. The number of carbonyl (C=O) groups is 1. The molecule has 1 atom stereocenters. The van der Waals surface area contributed by atoms with E-state index in [1.54, 1.807) is 37.6 Å². The summed E-state index contributed by atoms with van der Waals surface area (Å²) in [7, 11) is 2.09. The van der Waals surface area contributed by atoms with Gasteiger partial charge in [0.15, 0.2) is 5.82 Å². The molecule has 7 nitrogen and oxygen atoms in total. The van der Waals surface area contributed by atoms with Crippen LogP contribution in [0.25, 0.3) is 11.3 Å². The van der Waals surface area contributed by atoms with Crippen molar-refractivity contribution in [2.24, 2.45) is 0 Å². The molecule has 1 N–H and O–H groups in total. The SMILES string of the molecule is Cc1ncc(-c2ccc3c(n2)N(C)C2CCN3C2)cc1F.O=CNc1cccnc1. The first kappa shape index (κ1) is 19.8. The van der Waals surface area contributed by atoms with Crippen LogP contribution in [0.15, 0.2) is 48.9 Å². The summed E-state index contributed by atoms with van der Waals surface area (Å²) in [6.07, 6.45) is 6.70. The van der Waals surface area contributed by atoms with E-state index in [2.05, 4.69) is 38.2 Å². The van der Waals surface area contributed by atoms with Crippen LogP contribution in [-0.4, -0.2) is 47.5 Å². The minimum absolute atomic E-state index is 0.288. The van der Waals surface area contributed by atoms with Gasteiger partial charge in [-0.1, -0.05) is 0 Å². The van der Waals surface area contributed by atoms with Crippen LogP contribution in [0.1, 0.15) is 12.1 Å². The second kappa shape index (κ2) is 8.44. The minimum Gasteiger partial charge on any atom is -0.366 e. The molecule has 154 valence electrons. The predicted molar refractivity (Wildman–Crippen MR) is 115 cm³/mol. The van der Waals surface area contributed by atoms with Gasteiger partial charge in [-0.25, -0.2) is 9.37 Å². The van der Waals surface area contributed by atoms with E-state index in [1.165, 1.54) is 18.2 Å². The molecule has 30 heavy (non-hydrogen) atoms. The zero-order valence-electron chi connectivity index (χ0n) is 16.9. The Balaban J connectivity index is 0.000000204. The number of aryl methyl sites for hydroxylation is 1. The van der Waals surface area contributed by atoms with E-state index in [1.807, 2.05) is 6.07 Å². The average molecular weight is 406 g/mol. The quantitative estimate of drug-likeness (QED) is 0.673. The Morgan fingerprint density at radius 2 is 2.13 bits per heavy atom. The maximum Gasteiger partial charge on any atom is 0.211 e. The normalized spacial score (nSPS) is 16.4. The summed E-state index contributed by atoms with van der Waals surface area (Å²) in [6.45, 7) is 3.83. The van der Waals surface area contributed by atoms with Gasteiger partial charge in [-0.05, 0) is 43.7 Å². The number of rotatable bonds is 3. The number of fused-ring (bicyclic) bond motifs is 4. The number of amides is 1. The van der Waals surface area contributed by atoms with Gasteiger partial charge in [0.25, 0.3) is 0 Å². The summed E-state index contributed by atoms with van der Waals surface area (Å²) in [5.41, 5.74) is 3.80. The van der Waals surface area contributed by atoms with Crippen molar-refractivity contribution in [3.63, 3.8) is 0 Å². The van der Waals surface area contributed by atoms with Crippen molar-refractivity contribution < 1.29 is 9.18 Å². The fourth-order valence-corrected chi connectivity index (χ4v) is 3.72. The molecular weight excluding hydrogens is 383 g/mol. The summed E-state index contributed by atoms with van der Waals surface area (Å²) < 4.78 is 13.7. The molecule has 5 rings (SSSR count). The molecular formula is C22H23FN6O. The largest absolute Gasteiger partial charge is 0.366 e. The first-order valence-electron chi connectivity index (χ1n) is 9.78. The maximum atomic E-state index is 13.7. The third-order valence-electron chi connectivity index (χ3n) is 5.45. The van der Waals surface area contributed by atoms with Crippen molar-refractivity contribution in [2.45, 2.75) is 19.4 Å². The van der Waals surface area contributed by atoms with E-state index in [-0.39, 0.29) is 5.82 Å². The lowest BCUT2D eigenvalue weighted by atomic mass is 10.1.